The Hall–Kier alpha value is -1.69. The fourth-order valence-corrected chi connectivity index (χ4v) is 2.76. The average Bonchev–Trinajstić information content (AvgIpc) is 2.78. The van der Waals surface area contributed by atoms with Crippen molar-refractivity contribution in [2.24, 2.45) is 0 Å². The Morgan fingerprint density at radius 1 is 1.29 bits per heavy atom. The van der Waals surface area contributed by atoms with Gasteiger partial charge >= 0.3 is 5.97 Å². The molecule has 90 valence electrons. The molecule has 1 fully saturated rings. The molecule has 0 radical (unpaired) electrons. The smallest absolute Gasteiger partial charge is 0.327 e. The van der Waals surface area contributed by atoms with Gasteiger partial charge in [0.25, 0.3) is 5.91 Å². The summed E-state index contributed by atoms with van der Waals surface area (Å²) in [6.07, 6.45) is 0. The minimum absolute atomic E-state index is 0.0760. The maximum Gasteiger partial charge on any atom is 0.327 e. The molecule has 0 aromatic heterocycles. The van der Waals surface area contributed by atoms with E-state index >= 15 is 0 Å². The van der Waals surface area contributed by atoms with E-state index in [9.17, 15) is 9.59 Å². The average molecular weight is 253 g/mol. The maximum atomic E-state index is 12.0. The van der Waals surface area contributed by atoms with E-state index in [1.165, 1.54) is 40.9 Å². The molecular weight excluding hydrogens is 242 g/mol. The van der Waals surface area contributed by atoms with Gasteiger partial charge in [0.1, 0.15) is 11.8 Å². The second-order valence-corrected chi connectivity index (χ2v) is 4.68. The molecule has 5 nitrogen and oxygen atoms in total. The lowest BCUT2D eigenvalue weighted by molar-refractivity contribution is -0.140. The fraction of sp³-hybridized carbons (Fsp3) is 0.273. The molecule has 1 aromatic carbocycles. The molecule has 1 amide bonds. The van der Waals surface area contributed by atoms with Crippen molar-refractivity contribution in [3.05, 3.63) is 29.8 Å². The van der Waals surface area contributed by atoms with Gasteiger partial charge in [-0.15, -0.1) is 11.8 Å². The molecular formula is C11H11NO4S. The van der Waals surface area contributed by atoms with E-state index in [0.29, 0.717) is 17.2 Å². The number of amides is 1. The summed E-state index contributed by atoms with van der Waals surface area (Å²) in [5.41, 5.74) is 0.386. The zero-order valence-electron chi connectivity index (χ0n) is 8.87. The number of hydrogen-bond acceptors (Lipinski definition) is 4. The first-order valence-corrected chi connectivity index (χ1v) is 6.15. The van der Waals surface area contributed by atoms with Crippen molar-refractivity contribution < 1.29 is 19.8 Å². The van der Waals surface area contributed by atoms with E-state index in [2.05, 4.69) is 0 Å². The number of aliphatic carboxylic acids is 1. The summed E-state index contributed by atoms with van der Waals surface area (Å²) < 4.78 is 0. The molecule has 2 rings (SSSR count). The third-order valence-corrected chi connectivity index (χ3v) is 3.55. The van der Waals surface area contributed by atoms with Gasteiger partial charge in [-0.3, -0.25) is 4.79 Å². The van der Waals surface area contributed by atoms with E-state index in [0.717, 1.165) is 0 Å². The number of phenols is 1. The number of phenolic OH excluding ortho intramolecular Hbond substituents is 1. The van der Waals surface area contributed by atoms with Gasteiger partial charge in [0.15, 0.2) is 0 Å². The van der Waals surface area contributed by atoms with Crippen molar-refractivity contribution in [1.29, 1.82) is 0 Å². The normalized spacial score (nSPS) is 19.3. The quantitative estimate of drug-likeness (QED) is 0.822. The largest absolute Gasteiger partial charge is 0.508 e. The van der Waals surface area contributed by atoms with Crippen LogP contribution in [-0.2, 0) is 4.79 Å². The predicted molar refractivity (Wildman–Crippen MR) is 63.0 cm³/mol. The van der Waals surface area contributed by atoms with Crippen molar-refractivity contribution in [2.75, 3.05) is 11.6 Å². The van der Waals surface area contributed by atoms with Crippen LogP contribution in [0.5, 0.6) is 5.75 Å². The van der Waals surface area contributed by atoms with Crippen LogP contribution in [0, 0.1) is 0 Å². The highest BCUT2D eigenvalue weighted by Gasteiger charge is 2.34. The van der Waals surface area contributed by atoms with E-state index < -0.39 is 12.0 Å². The molecule has 0 spiro atoms. The molecule has 2 N–H and O–H groups in total. The Labute approximate surface area is 102 Å². The third kappa shape index (κ3) is 2.36. The number of carbonyl (C=O) groups is 2. The Kier molecular flexibility index (Phi) is 3.23. The molecule has 6 heteroatoms. The van der Waals surface area contributed by atoms with E-state index in [-0.39, 0.29) is 11.7 Å². The zero-order valence-corrected chi connectivity index (χ0v) is 9.68. The molecule has 0 aliphatic carbocycles. The molecule has 0 unspecified atom stereocenters. The number of carboxylic acid groups (broad SMARTS) is 1. The third-order valence-electron chi connectivity index (χ3n) is 2.54. The lowest BCUT2D eigenvalue weighted by atomic mass is 10.1. The first-order valence-electron chi connectivity index (χ1n) is 5.00. The van der Waals surface area contributed by atoms with Crippen LogP contribution in [0.2, 0.25) is 0 Å². The Morgan fingerprint density at radius 2 is 1.94 bits per heavy atom. The topological polar surface area (TPSA) is 77.8 Å². The standard InChI is InChI=1S/C11H11NO4S/c13-8-3-1-7(2-4-8)10(14)12-6-17-5-9(12)11(15)16/h1-4,9,13H,5-6H2,(H,15,16)/t9-/m0/s1. The van der Waals surface area contributed by atoms with Crippen molar-refractivity contribution in [2.45, 2.75) is 6.04 Å². The number of hydrogen-bond donors (Lipinski definition) is 2. The molecule has 0 saturated carbocycles. The van der Waals surface area contributed by atoms with Gasteiger partial charge in [-0.2, -0.15) is 0 Å². The number of thioether (sulfide) groups is 1. The summed E-state index contributed by atoms with van der Waals surface area (Å²) in [6.45, 7) is 0. The van der Waals surface area contributed by atoms with Gasteiger partial charge < -0.3 is 15.1 Å². The Balaban J connectivity index is 2.19. The lowest BCUT2D eigenvalue weighted by Gasteiger charge is -2.20. The second kappa shape index (κ2) is 4.67. The molecule has 1 aliphatic heterocycles. The van der Waals surface area contributed by atoms with Crippen molar-refractivity contribution in [3.8, 4) is 5.75 Å². The van der Waals surface area contributed by atoms with Crippen LogP contribution in [-0.4, -0.2) is 44.7 Å². The summed E-state index contributed by atoms with van der Waals surface area (Å²) in [5.74, 6) is -0.424. The van der Waals surface area contributed by atoms with Crippen molar-refractivity contribution >= 4 is 23.6 Å². The summed E-state index contributed by atoms with van der Waals surface area (Å²) in [4.78, 5) is 24.3. The number of aromatic hydroxyl groups is 1. The molecule has 1 heterocycles. The van der Waals surface area contributed by atoms with E-state index in [1.807, 2.05) is 0 Å². The van der Waals surface area contributed by atoms with Gasteiger partial charge in [0, 0.05) is 11.3 Å². The number of rotatable bonds is 2. The number of carboxylic acids is 1. The highest BCUT2D eigenvalue weighted by atomic mass is 32.2. The summed E-state index contributed by atoms with van der Waals surface area (Å²) >= 11 is 1.42. The summed E-state index contributed by atoms with van der Waals surface area (Å²) in [5, 5.41) is 18.1. The Morgan fingerprint density at radius 3 is 2.53 bits per heavy atom. The van der Waals surface area contributed by atoms with Gasteiger partial charge in [0.05, 0.1) is 5.88 Å². The van der Waals surface area contributed by atoms with Gasteiger partial charge in [-0.1, -0.05) is 0 Å². The van der Waals surface area contributed by atoms with Crippen LogP contribution in [0.25, 0.3) is 0 Å². The maximum absolute atomic E-state index is 12.0. The minimum Gasteiger partial charge on any atom is -0.508 e. The molecule has 1 atom stereocenters. The monoisotopic (exact) mass is 253 g/mol. The lowest BCUT2D eigenvalue weighted by Crippen LogP contribution is -2.41. The van der Waals surface area contributed by atoms with Crippen LogP contribution < -0.4 is 0 Å². The van der Waals surface area contributed by atoms with Crippen LogP contribution in [0.1, 0.15) is 10.4 Å². The highest BCUT2D eigenvalue weighted by molar-refractivity contribution is 7.99. The molecule has 1 aromatic rings. The van der Waals surface area contributed by atoms with Crippen LogP contribution >= 0.6 is 11.8 Å². The minimum atomic E-state index is -0.984. The SMILES string of the molecule is O=C(O)[C@@H]1CSCN1C(=O)c1ccc(O)cc1. The Bertz CT molecular complexity index is 445. The molecule has 1 saturated heterocycles. The first kappa shape index (κ1) is 11.8. The first-order chi connectivity index (χ1) is 8.09. The van der Waals surface area contributed by atoms with Gasteiger partial charge in [-0.05, 0) is 24.3 Å². The summed E-state index contributed by atoms with van der Waals surface area (Å²) in [7, 11) is 0. The van der Waals surface area contributed by atoms with Crippen molar-refractivity contribution in [1.82, 2.24) is 4.90 Å². The van der Waals surface area contributed by atoms with Gasteiger partial charge in [0.2, 0.25) is 0 Å². The van der Waals surface area contributed by atoms with Gasteiger partial charge in [-0.25, -0.2) is 4.79 Å². The number of carbonyl (C=O) groups excluding carboxylic acids is 1. The number of benzene rings is 1. The molecule has 17 heavy (non-hydrogen) atoms. The van der Waals surface area contributed by atoms with Crippen molar-refractivity contribution in [3.63, 3.8) is 0 Å². The molecule has 1 aliphatic rings. The molecule has 0 bridgehead atoms. The highest BCUT2D eigenvalue weighted by Crippen LogP contribution is 2.23. The van der Waals surface area contributed by atoms with Crippen LogP contribution in [0.3, 0.4) is 0 Å². The van der Waals surface area contributed by atoms with E-state index in [1.54, 1.807) is 0 Å². The zero-order chi connectivity index (χ0) is 12.4. The van der Waals surface area contributed by atoms with Crippen LogP contribution in [0.15, 0.2) is 24.3 Å². The predicted octanol–water partition coefficient (Wildman–Crippen LogP) is 0.992. The number of nitrogens with zero attached hydrogens (tertiary/aromatic N) is 1. The fourth-order valence-electron chi connectivity index (χ4n) is 1.62. The van der Waals surface area contributed by atoms with Crippen LogP contribution in [0.4, 0.5) is 0 Å². The second-order valence-electron chi connectivity index (χ2n) is 3.68. The van der Waals surface area contributed by atoms with E-state index in [4.69, 9.17) is 10.2 Å². The summed E-state index contributed by atoms with van der Waals surface area (Å²) in [6, 6.07) is 5.03.